The van der Waals surface area contributed by atoms with Crippen molar-refractivity contribution in [1.82, 2.24) is 15.2 Å². The zero-order valence-corrected chi connectivity index (χ0v) is 12.5. The first-order valence-electron chi connectivity index (χ1n) is 7.14. The maximum absolute atomic E-state index is 5.68. The van der Waals surface area contributed by atoms with Gasteiger partial charge < -0.3 is 0 Å². The van der Waals surface area contributed by atoms with Crippen molar-refractivity contribution in [1.29, 1.82) is 0 Å². The molecule has 20 heavy (non-hydrogen) atoms. The molecule has 0 amide bonds. The molecule has 0 fully saturated rings. The standard InChI is InChI=1S/C16H24N4/c1-12(2)20-9-8-15(19-20)11-16(18-17)10-14-6-4-13(3)5-7-14/h4-9,12,16,18H,10-11,17H2,1-3H3. The Balaban J connectivity index is 1.99. The summed E-state index contributed by atoms with van der Waals surface area (Å²) in [5.74, 6) is 5.68. The van der Waals surface area contributed by atoms with Gasteiger partial charge in [0.1, 0.15) is 0 Å². The smallest absolute Gasteiger partial charge is 0.0640 e. The highest BCUT2D eigenvalue weighted by atomic mass is 15.3. The zero-order chi connectivity index (χ0) is 14.5. The molecule has 0 radical (unpaired) electrons. The summed E-state index contributed by atoms with van der Waals surface area (Å²) >= 11 is 0. The van der Waals surface area contributed by atoms with Crippen molar-refractivity contribution in [2.75, 3.05) is 0 Å². The van der Waals surface area contributed by atoms with Crippen molar-refractivity contribution in [2.24, 2.45) is 5.84 Å². The van der Waals surface area contributed by atoms with Crippen LogP contribution in [0.25, 0.3) is 0 Å². The Hall–Kier alpha value is -1.65. The first-order valence-corrected chi connectivity index (χ1v) is 7.14. The first-order chi connectivity index (χ1) is 9.58. The first kappa shape index (κ1) is 14.8. The summed E-state index contributed by atoms with van der Waals surface area (Å²) in [5, 5.41) is 4.57. The normalized spacial score (nSPS) is 12.8. The largest absolute Gasteiger partial charge is 0.271 e. The number of rotatable bonds is 6. The van der Waals surface area contributed by atoms with E-state index >= 15 is 0 Å². The van der Waals surface area contributed by atoms with E-state index in [1.54, 1.807) is 0 Å². The van der Waals surface area contributed by atoms with Gasteiger partial charge in [0.15, 0.2) is 0 Å². The molecule has 0 aliphatic rings. The second-order valence-electron chi connectivity index (χ2n) is 5.64. The van der Waals surface area contributed by atoms with Crippen LogP contribution in [0.3, 0.4) is 0 Å². The van der Waals surface area contributed by atoms with Crippen molar-refractivity contribution in [2.45, 2.75) is 45.7 Å². The number of benzene rings is 1. The summed E-state index contributed by atoms with van der Waals surface area (Å²) in [4.78, 5) is 0. The van der Waals surface area contributed by atoms with E-state index in [0.717, 1.165) is 18.5 Å². The van der Waals surface area contributed by atoms with Gasteiger partial charge >= 0.3 is 0 Å². The summed E-state index contributed by atoms with van der Waals surface area (Å²) in [6, 6.07) is 11.3. The molecule has 3 N–H and O–H groups in total. The molecular formula is C16H24N4. The van der Waals surface area contributed by atoms with Crippen LogP contribution in [0, 0.1) is 6.92 Å². The van der Waals surface area contributed by atoms with E-state index in [4.69, 9.17) is 5.84 Å². The number of nitrogens with one attached hydrogen (secondary N) is 1. The van der Waals surface area contributed by atoms with Gasteiger partial charge in [-0.15, -0.1) is 0 Å². The fourth-order valence-electron chi connectivity index (χ4n) is 2.23. The van der Waals surface area contributed by atoms with E-state index in [-0.39, 0.29) is 6.04 Å². The van der Waals surface area contributed by atoms with Crippen molar-refractivity contribution in [3.8, 4) is 0 Å². The molecule has 108 valence electrons. The van der Waals surface area contributed by atoms with Crippen molar-refractivity contribution in [3.05, 3.63) is 53.3 Å². The highest BCUT2D eigenvalue weighted by molar-refractivity contribution is 5.22. The van der Waals surface area contributed by atoms with Crippen LogP contribution >= 0.6 is 0 Å². The lowest BCUT2D eigenvalue weighted by molar-refractivity contribution is 0.495. The van der Waals surface area contributed by atoms with E-state index in [9.17, 15) is 0 Å². The molecule has 4 nitrogen and oxygen atoms in total. The highest BCUT2D eigenvalue weighted by Gasteiger charge is 2.11. The minimum absolute atomic E-state index is 0.202. The molecule has 0 spiro atoms. The topological polar surface area (TPSA) is 55.9 Å². The molecule has 1 unspecified atom stereocenters. The Morgan fingerprint density at radius 2 is 1.85 bits per heavy atom. The molecule has 0 saturated heterocycles. The average molecular weight is 272 g/mol. The van der Waals surface area contributed by atoms with Gasteiger partial charge in [0, 0.05) is 24.7 Å². The van der Waals surface area contributed by atoms with Crippen molar-refractivity contribution >= 4 is 0 Å². The molecule has 0 bridgehead atoms. The van der Waals surface area contributed by atoms with Gasteiger partial charge in [-0.25, -0.2) is 0 Å². The van der Waals surface area contributed by atoms with Crippen LogP contribution < -0.4 is 11.3 Å². The quantitative estimate of drug-likeness (QED) is 0.627. The van der Waals surface area contributed by atoms with E-state index in [1.807, 2.05) is 10.9 Å². The van der Waals surface area contributed by atoms with Gasteiger partial charge in [-0.3, -0.25) is 16.0 Å². The molecule has 1 heterocycles. The van der Waals surface area contributed by atoms with Gasteiger partial charge in [0.25, 0.3) is 0 Å². The molecule has 0 aliphatic carbocycles. The fraction of sp³-hybridized carbons (Fsp3) is 0.438. The number of hydrazine groups is 1. The Bertz CT molecular complexity index is 528. The van der Waals surface area contributed by atoms with Crippen LogP contribution in [-0.4, -0.2) is 15.8 Å². The number of nitrogens with zero attached hydrogens (tertiary/aromatic N) is 2. The Morgan fingerprint density at radius 1 is 1.15 bits per heavy atom. The minimum atomic E-state index is 0.202. The van der Waals surface area contributed by atoms with Crippen LogP contribution in [0.2, 0.25) is 0 Å². The predicted molar refractivity (Wildman–Crippen MR) is 82.3 cm³/mol. The fourth-order valence-corrected chi connectivity index (χ4v) is 2.23. The Kier molecular flexibility index (Phi) is 4.93. The second-order valence-corrected chi connectivity index (χ2v) is 5.64. The molecule has 1 atom stereocenters. The summed E-state index contributed by atoms with van der Waals surface area (Å²) < 4.78 is 1.98. The van der Waals surface area contributed by atoms with E-state index in [2.05, 4.69) is 61.6 Å². The Morgan fingerprint density at radius 3 is 2.40 bits per heavy atom. The van der Waals surface area contributed by atoms with Crippen LogP contribution in [0.5, 0.6) is 0 Å². The number of nitrogens with two attached hydrogens (primary N) is 1. The lowest BCUT2D eigenvalue weighted by Gasteiger charge is -2.15. The summed E-state index contributed by atoms with van der Waals surface area (Å²) in [6.45, 7) is 6.35. The number of aryl methyl sites for hydroxylation is 1. The summed E-state index contributed by atoms with van der Waals surface area (Å²) in [5.41, 5.74) is 6.55. The molecule has 2 aromatic rings. The molecule has 1 aromatic carbocycles. The van der Waals surface area contributed by atoms with Crippen LogP contribution in [0.1, 0.15) is 36.7 Å². The van der Waals surface area contributed by atoms with Gasteiger partial charge in [-0.1, -0.05) is 29.8 Å². The monoisotopic (exact) mass is 272 g/mol. The minimum Gasteiger partial charge on any atom is -0.271 e. The Labute approximate surface area is 121 Å². The molecular weight excluding hydrogens is 248 g/mol. The molecule has 2 rings (SSSR count). The van der Waals surface area contributed by atoms with E-state index < -0.39 is 0 Å². The predicted octanol–water partition coefficient (Wildman–Crippen LogP) is 2.39. The molecule has 1 aromatic heterocycles. The van der Waals surface area contributed by atoms with Gasteiger partial charge in [-0.05, 0) is 38.8 Å². The van der Waals surface area contributed by atoms with Gasteiger partial charge in [0.05, 0.1) is 5.69 Å². The third-order valence-electron chi connectivity index (χ3n) is 3.49. The lowest BCUT2D eigenvalue weighted by Crippen LogP contribution is -2.38. The average Bonchev–Trinajstić information content (AvgIpc) is 2.89. The lowest BCUT2D eigenvalue weighted by atomic mass is 10.0. The molecule has 4 heteroatoms. The number of hydrogen-bond donors (Lipinski definition) is 2. The van der Waals surface area contributed by atoms with Crippen molar-refractivity contribution in [3.63, 3.8) is 0 Å². The SMILES string of the molecule is Cc1ccc(CC(Cc2ccn(C(C)C)n2)NN)cc1. The van der Waals surface area contributed by atoms with Crippen LogP contribution in [0.4, 0.5) is 0 Å². The second kappa shape index (κ2) is 6.68. The maximum Gasteiger partial charge on any atom is 0.0640 e. The van der Waals surface area contributed by atoms with E-state index in [0.29, 0.717) is 6.04 Å². The van der Waals surface area contributed by atoms with Crippen LogP contribution in [-0.2, 0) is 12.8 Å². The zero-order valence-electron chi connectivity index (χ0n) is 12.5. The van der Waals surface area contributed by atoms with Gasteiger partial charge in [-0.2, -0.15) is 5.10 Å². The number of aromatic nitrogens is 2. The summed E-state index contributed by atoms with van der Waals surface area (Å²) in [6.07, 6.45) is 3.77. The van der Waals surface area contributed by atoms with Crippen LogP contribution in [0.15, 0.2) is 36.5 Å². The highest BCUT2D eigenvalue weighted by Crippen LogP contribution is 2.10. The summed E-state index contributed by atoms with van der Waals surface area (Å²) in [7, 11) is 0. The maximum atomic E-state index is 5.68. The molecule has 0 aliphatic heterocycles. The van der Waals surface area contributed by atoms with Crippen molar-refractivity contribution < 1.29 is 0 Å². The third-order valence-corrected chi connectivity index (χ3v) is 3.49. The van der Waals surface area contributed by atoms with E-state index in [1.165, 1.54) is 11.1 Å². The third kappa shape index (κ3) is 3.92. The molecule has 0 saturated carbocycles. The number of hydrogen-bond acceptors (Lipinski definition) is 3. The van der Waals surface area contributed by atoms with Gasteiger partial charge in [0.2, 0.25) is 0 Å².